The maximum absolute atomic E-state index is 12.0. The minimum absolute atomic E-state index is 0.00208. The number of nitrogen functional groups attached to an aromatic ring is 3. The van der Waals surface area contributed by atoms with Crippen molar-refractivity contribution in [2.45, 2.75) is 250 Å². The Kier molecular flexibility index (Phi) is 38.3. The molecule has 0 radical (unpaired) electrons. The summed E-state index contributed by atoms with van der Waals surface area (Å²) in [6, 6.07) is 7.11. The van der Waals surface area contributed by atoms with Gasteiger partial charge in [0.05, 0.1) is 63.0 Å². The summed E-state index contributed by atoms with van der Waals surface area (Å²) in [5.74, 6) is 1.00. The van der Waals surface area contributed by atoms with Gasteiger partial charge in [0, 0.05) is 121 Å². The summed E-state index contributed by atoms with van der Waals surface area (Å²) < 4.78 is 74.9. The van der Waals surface area contributed by atoms with E-state index in [9.17, 15) is 32.7 Å². The zero-order valence-electron chi connectivity index (χ0n) is 70.8. The van der Waals surface area contributed by atoms with Crippen LogP contribution >= 0.6 is 125 Å². The molecule has 4 aliphatic rings. The van der Waals surface area contributed by atoms with Crippen LogP contribution in [0.1, 0.15) is 139 Å². The van der Waals surface area contributed by atoms with Crippen LogP contribution in [-0.4, -0.2) is 186 Å². The number of imidazole rings is 4. The third-order valence-electron chi connectivity index (χ3n) is 17.3. The first-order valence-corrected chi connectivity index (χ1v) is 49.0. The quantitative estimate of drug-likeness (QED) is 0.0168. The van der Waals surface area contributed by atoms with E-state index in [0.717, 1.165) is 110 Å². The summed E-state index contributed by atoms with van der Waals surface area (Å²) in [6.45, 7) is 21.1. The highest BCUT2D eigenvalue weighted by molar-refractivity contribution is 9.11. The highest BCUT2D eigenvalue weighted by Crippen LogP contribution is 2.40. The van der Waals surface area contributed by atoms with Crippen molar-refractivity contribution in [3.8, 4) is 18.0 Å². The second kappa shape index (κ2) is 46.8. The molecule has 8 atom stereocenters. The van der Waals surface area contributed by atoms with Gasteiger partial charge in [0.2, 0.25) is 5.28 Å². The molecule has 4 fully saturated rings. The predicted molar refractivity (Wildman–Crippen MR) is 493 cm³/mol. The van der Waals surface area contributed by atoms with Crippen molar-refractivity contribution in [2.75, 3.05) is 23.8 Å². The van der Waals surface area contributed by atoms with Gasteiger partial charge in [-0.05, 0) is 188 Å². The lowest BCUT2D eigenvalue weighted by Gasteiger charge is -2.21. The first kappa shape index (κ1) is 103. The number of alkyl halides is 3. The van der Waals surface area contributed by atoms with Crippen LogP contribution in [0.15, 0.2) is 140 Å². The molecule has 0 spiro atoms. The van der Waals surface area contributed by atoms with Gasteiger partial charge in [0.25, 0.3) is 0 Å². The molecule has 126 heavy (non-hydrogen) atoms. The first-order chi connectivity index (χ1) is 59.1. The number of anilines is 3. The summed E-state index contributed by atoms with van der Waals surface area (Å²) in [5.41, 5.74) is 24.4. The molecule has 11 aromatic heterocycles. The Morgan fingerprint density at radius 3 is 1.25 bits per heavy atom. The van der Waals surface area contributed by atoms with Crippen LogP contribution in [0.4, 0.5) is 45.0 Å². The second-order valence-electron chi connectivity index (χ2n) is 32.6. The Hall–Kier alpha value is -8.24. The Labute approximate surface area is 781 Å². The Balaban J connectivity index is 0.000000190. The number of carbonyl (C=O) groups excluding carboxylic acids is 3. The number of nitrogens with zero attached hydrogens (tertiary/aromatic N) is 14. The van der Waals surface area contributed by atoms with Crippen molar-refractivity contribution >= 4 is 191 Å². The summed E-state index contributed by atoms with van der Waals surface area (Å²) in [7, 11) is -1.14. The van der Waals surface area contributed by atoms with E-state index >= 15 is 0 Å². The highest BCUT2D eigenvalue weighted by atomic mass is 79.9. The lowest BCUT2D eigenvalue weighted by atomic mass is 10.2. The molecule has 15 rings (SSSR count). The van der Waals surface area contributed by atoms with E-state index in [1.54, 1.807) is 106 Å². The number of aromatic nitrogens is 15. The molecular formula is C79H102Br2Cl5F3N22O11S3Si. The molecule has 11 heterocycles. The van der Waals surface area contributed by atoms with Crippen LogP contribution in [-0.2, 0) is 14.2 Å². The van der Waals surface area contributed by atoms with Crippen LogP contribution in [0.3, 0.4) is 0 Å². The average molecular weight is 2050 g/mol. The van der Waals surface area contributed by atoms with Gasteiger partial charge in [-0.2, -0.15) is 24.3 Å². The highest BCUT2D eigenvalue weighted by Gasteiger charge is 2.34. The number of nitrogens with one attached hydrogen (secondary N) is 4. The molecule has 11 aromatic rings. The molecule has 0 bridgehead atoms. The molecule has 4 aliphatic carbocycles. The topological polar surface area (TPSA) is 450 Å². The van der Waals surface area contributed by atoms with Crippen LogP contribution in [0.5, 0.6) is 18.0 Å². The van der Waals surface area contributed by atoms with E-state index < -0.39 is 49.2 Å². The molecule has 4 saturated carbocycles. The number of hydrogen-bond acceptors (Lipinski definition) is 28. The Bertz CT molecular complexity index is 5460. The zero-order chi connectivity index (χ0) is 92.8. The number of alkyl carbamates (subject to hydrolysis) is 3. The van der Waals surface area contributed by atoms with Crippen molar-refractivity contribution in [1.29, 1.82) is 0 Å². The molecule has 0 aliphatic heterocycles. The number of halogens is 10. The molecule has 686 valence electrons. The number of aromatic amines is 1. The normalized spacial score (nSPS) is 18.5. The van der Waals surface area contributed by atoms with Gasteiger partial charge in [-0.3, -0.25) is 17.6 Å². The third kappa shape index (κ3) is 34.0. The Morgan fingerprint density at radius 1 is 0.524 bits per heavy atom. The molecule has 0 saturated heterocycles. The van der Waals surface area contributed by atoms with Gasteiger partial charge in [0.1, 0.15) is 66.6 Å². The smallest absolute Gasteiger partial charge is 0.411 e. The third-order valence-corrected chi connectivity index (χ3v) is 22.7. The van der Waals surface area contributed by atoms with Crippen LogP contribution in [0.25, 0.3) is 22.6 Å². The molecule has 47 heteroatoms. The SMILES string of the molecule is CC(C)(C)OC(=O)N[C@@H]1CC[C@H](O)C1.CC(C)(C)OC(=O)N[C@@H]1CC[C@H](Oc2ncc(Br)c3nccn23)C1.CC(C)(C)OC(=O)N[C@@H]1CC[C@H](Oc2ncc(Sc3ccnc(N)c3Cl)c3nccn23)C1.C[Si](C)(C)Cl.Clc1ncc(Br)c2nccn12.Nc1[nH]ccc(=S)c1Cl.Nc1nccc(Sc2cnc(O[C@H]3CC[C@@H](N)C3)n3ccnc23)c1Cl.OCC(F)(F)F. The van der Waals surface area contributed by atoms with Gasteiger partial charge in [-0.1, -0.05) is 90.2 Å². The molecule has 0 aromatic carbocycles. The second-order valence-corrected chi connectivity index (χ2v) is 45.9. The predicted octanol–water partition coefficient (Wildman–Crippen LogP) is 18.6. The number of nitrogens with two attached hydrogens (primary N) is 4. The van der Waals surface area contributed by atoms with Gasteiger partial charge >= 0.3 is 42.5 Å². The minimum Gasteiger partial charge on any atom is -0.461 e. The molecular weight excluding hydrogens is 1950 g/mol. The number of hydrogen-bond donors (Lipinski definition) is 10. The van der Waals surface area contributed by atoms with Crippen molar-refractivity contribution < 1.29 is 66.2 Å². The van der Waals surface area contributed by atoms with E-state index in [1.807, 2.05) is 85.2 Å². The van der Waals surface area contributed by atoms with Crippen molar-refractivity contribution in [1.82, 2.24) is 88.4 Å². The molecule has 33 nitrogen and oxygen atoms in total. The fourth-order valence-corrected chi connectivity index (χ4v) is 15.6. The number of aliphatic hydroxyl groups excluding tert-OH is 2. The minimum atomic E-state index is -4.40. The lowest BCUT2D eigenvalue weighted by molar-refractivity contribution is -0.159. The number of carbonyl (C=O) groups is 3. The fraction of sp³-hybridized carbons (Fsp3) is 0.468. The summed E-state index contributed by atoms with van der Waals surface area (Å²) in [4.78, 5) is 83.5. The zero-order valence-corrected chi connectivity index (χ0v) is 81.2. The maximum Gasteiger partial charge on any atom is 0.411 e. The average Bonchev–Trinajstić information content (AvgIpc) is 1.55. The van der Waals surface area contributed by atoms with E-state index in [4.69, 9.17) is 126 Å². The lowest BCUT2D eigenvalue weighted by Crippen LogP contribution is -2.38. The van der Waals surface area contributed by atoms with Gasteiger partial charge in [0.15, 0.2) is 22.6 Å². The summed E-state index contributed by atoms with van der Waals surface area (Å²) in [6.07, 6.45) is 29.6. The fourth-order valence-electron chi connectivity index (χ4n) is 12.0. The van der Waals surface area contributed by atoms with Crippen molar-refractivity contribution in [3.05, 3.63) is 145 Å². The van der Waals surface area contributed by atoms with E-state index in [0.29, 0.717) is 73.0 Å². The van der Waals surface area contributed by atoms with Crippen LogP contribution < -0.4 is 53.1 Å². The van der Waals surface area contributed by atoms with Gasteiger partial charge < -0.3 is 82.5 Å². The number of fused-ring (bicyclic) bond motifs is 4. The van der Waals surface area contributed by atoms with E-state index in [2.05, 4.69) is 122 Å². The van der Waals surface area contributed by atoms with Crippen molar-refractivity contribution in [3.63, 3.8) is 0 Å². The molecule has 3 amide bonds. The Morgan fingerprint density at radius 2 is 0.881 bits per heavy atom. The number of pyridine rings is 3. The standard InChI is InChI=1S/C21H25ClN6O3S.C16H21BrN4O3.C16H17ClN6OS.C10H19NO3.C6H3BrClN3.C5H5ClN2S.C3H9ClSi.C2H3F3O/c1-21(2,3)31-20(29)27-12-4-5-13(10-12)30-19-26-11-15(18-25-8-9-28(18)19)32-14-6-7-24-17(23)16(14)22;1-16(2,3)24-15(22)20-10-4-5-11(8-10)23-14-19-9-12(17)13-18-6-7-21(13)14;17-13-11(3-4-20-14(13)19)25-12-8-22-16(23-6-5-21-15(12)23)24-10-2-1-9(18)7-10;1-10(2,3)14-9(13)11-7-4-5-8(12)6-7;7-4-3-10-6(8)11-2-1-9-5(4)11;6-4-3(9)1-2-8-5(4)7;1-5(2,3)4;3-2(4,5)1-6/h6-9,11-13H,4-5,10H2,1-3H3,(H2,23,24)(H,27,29);6-7,9-11H,4-5,8H2,1-3H3,(H,20,22);3-6,8-10H,1-2,7,18H2,(H2,19,20);7-8,12H,4-6H2,1-3H3,(H,11,13);1-3H;1-2H,(H3,7,8,9);1-3H3;6H,1H2/t12-,13+;10-,11+;9-,10+;7-,8+;;;;/m1111..../s1. The first-order valence-electron chi connectivity index (χ1n) is 39.4. The maximum atomic E-state index is 12.0. The number of aliphatic hydroxyl groups is 2. The van der Waals surface area contributed by atoms with Gasteiger partial charge in [-0.15, -0.1) is 0 Å². The number of ether oxygens (including phenoxy) is 6. The van der Waals surface area contributed by atoms with Crippen LogP contribution in [0, 0.1) is 4.51 Å². The monoisotopic (exact) mass is 2050 g/mol. The summed E-state index contributed by atoms with van der Waals surface area (Å²) in [5, 5.41) is 26.8. The van der Waals surface area contributed by atoms with E-state index in [-0.39, 0.29) is 60.5 Å². The molecule has 0 unspecified atom stereocenters. The largest absolute Gasteiger partial charge is 0.461 e. The van der Waals surface area contributed by atoms with Crippen LogP contribution in [0.2, 0.25) is 40.0 Å². The number of amides is 3. The van der Waals surface area contributed by atoms with Gasteiger partial charge in [-0.25, -0.2) is 64.2 Å². The summed E-state index contributed by atoms with van der Waals surface area (Å²) >= 11 is 43.9. The molecule has 14 N–H and O–H groups in total. The van der Waals surface area contributed by atoms with Crippen molar-refractivity contribution in [2.24, 2.45) is 5.73 Å². The number of rotatable bonds is 13. The van der Waals surface area contributed by atoms with E-state index in [1.165, 1.54) is 23.5 Å². The number of H-pyrrole nitrogens is 1.